The number of ether oxygens (including phenoxy) is 1. The first-order chi connectivity index (χ1) is 9.99. The summed E-state index contributed by atoms with van der Waals surface area (Å²) < 4.78 is 31.4. The second-order valence-electron chi connectivity index (χ2n) is 5.30. The van der Waals surface area contributed by atoms with Crippen LogP contribution in [0.4, 0.5) is 8.78 Å². The van der Waals surface area contributed by atoms with Crippen LogP contribution in [0.5, 0.6) is 0 Å². The predicted molar refractivity (Wildman–Crippen MR) is 72.7 cm³/mol. The highest BCUT2D eigenvalue weighted by molar-refractivity contribution is 5.76. The summed E-state index contributed by atoms with van der Waals surface area (Å²) in [6.07, 6.45) is 0.0886. The summed E-state index contributed by atoms with van der Waals surface area (Å²) in [5.41, 5.74) is 0.585. The summed E-state index contributed by atoms with van der Waals surface area (Å²) in [4.78, 5) is 13.8. The molecule has 4 nitrogen and oxygen atoms in total. The first kappa shape index (κ1) is 15.9. The van der Waals surface area contributed by atoms with Gasteiger partial charge in [-0.2, -0.15) is 0 Å². The maximum Gasteiger partial charge on any atom is 0.223 e. The van der Waals surface area contributed by atoms with Gasteiger partial charge in [-0.25, -0.2) is 8.78 Å². The quantitative estimate of drug-likeness (QED) is 0.917. The molecular formula is C15H19F2NO3. The van der Waals surface area contributed by atoms with Crippen LogP contribution in [0.25, 0.3) is 0 Å². The first-order valence-electron chi connectivity index (χ1n) is 6.97. The molecule has 0 saturated carbocycles. The van der Waals surface area contributed by atoms with Crippen molar-refractivity contribution in [3.05, 3.63) is 35.4 Å². The van der Waals surface area contributed by atoms with E-state index in [1.165, 1.54) is 6.07 Å². The standard InChI is InChI=1S/C15H19F2NO3/c1-10-7-18(8-12(9-19)21-10)15(20)5-3-11-2-4-13(16)14(17)6-11/h2,4,6,10,12,19H,3,5,7-9H2,1H3. The van der Waals surface area contributed by atoms with Gasteiger partial charge in [-0.15, -0.1) is 0 Å². The Balaban J connectivity index is 1.90. The van der Waals surface area contributed by atoms with Crippen LogP contribution in [0.15, 0.2) is 18.2 Å². The fourth-order valence-corrected chi connectivity index (χ4v) is 2.45. The number of aryl methyl sites for hydroxylation is 1. The van der Waals surface area contributed by atoms with E-state index in [9.17, 15) is 13.6 Å². The Morgan fingerprint density at radius 3 is 2.81 bits per heavy atom. The molecule has 0 aromatic heterocycles. The van der Waals surface area contributed by atoms with Crippen molar-refractivity contribution in [1.82, 2.24) is 4.90 Å². The molecule has 1 amide bonds. The van der Waals surface area contributed by atoms with E-state index in [2.05, 4.69) is 0 Å². The van der Waals surface area contributed by atoms with Crippen LogP contribution in [0.3, 0.4) is 0 Å². The molecule has 0 spiro atoms. The zero-order valence-electron chi connectivity index (χ0n) is 11.9. The van der Waals surface area contributed by atoms with E-state index < -0.39 is 11.6 Å². The molecule has 0 radical (unpaired) electrons. The van der Waals surface area contributed by atoms with E-state index in [0.717, 1.165) is 12.1 Å². The Morgan fingerprint density at radius 2 is 2.14 bits per heavy atom. The Hall–Kier alpha value is -1.53. The number of morpholine rings is 1. The molecule has 1 aliphatic rings. The molecule has 21 heavy (non-hydrogen) atoms. The summed E-state index contributed by atoms with van der Waals surface area (Å²) in [7, 11) is 0. The van der Waals surface area contributed by atoms with Crippen LogP contribution in [-0.2, 0) is 16.0 Å². The molecule has 1 N–H and O–H groups in total. The molecule has 2 rings (SSSR count). The van der Waals surface area contributed by atoms with Crippen molar-refractivity contribution in [3.63, 3.8) is 0 Å². The normalized spacial score (nSPS) is 22.4. The molecule has 2 unspecified atom stereocenters. The number of amides is 1. The second kappa shape index (κ2) is 6.95. The maximum atomic E-state index is 13.1. The number of hydrogen-bond donors (Lipinski definition) is 1. The van der Waals surface area contributed by atoms with E-state index in [1.807, 2.05) is 6.92 Å². The van der Waals surface area contributed by atoms with E-state index in [1.54, 1.807) is 4.90 Å². The van der Waals surface area contributed by atoms with Gasteiger partial charge in [0, 0.05) is 19.5 Å². The van der Waals surface area contributed by atoms with Gasteiger partial charge >= 0.3 is 0 Å². The van der Waals surface area contributed by atoms with Crippen molar-refractivity contribution in [3.8, 4) is 0 Å². The van der Waals surface area contributed by atoms with E-state index >= 15 is 0 Å². The largest absolute Gasteiger partial charge is 0.394 e. The van der Waals surface area contributed by atoms with Gasteiger partial charge in [-0.1, -0.05) is 6.07 Å². The fourth-order valence-electron chi connectivity index (χ4n) is 2.45. The minimum Gasteiger partial charge on any atom is -0.394 e. The molecule has 6 heteroatoms. The van der Waals surface area contributed by atoms with Gasteiger partial charge in [0.25, 0.3) is 0 Å². The number of aliphatic hydroxyl groups is 1. The summed E-state index contributed by atoms with van der Waals surface area (Å²) in [6, 6.07) is 3.65. The van der Waals surface area contributed by atoms with Gasteiger partial charge in [0.1, 0.15) is 0 Å². The van der Waals surface area contributed by atoms with Gasteiger partial charge < -0.3 is 14.7 Å². The number of aliphatic hydroxyl groups excluding tert-OH is 1. The van der Waals surface area contributed by atoms with Gasteiger partial charge in [0.2, 0.25) is 5.91 Å². The summed E-state index contributed by atoms with van der Waals surface area (Å²) in [5, 5.41) is 9.13. The Morgan fingerprint density at radius 1 is 1.38 bits per heavy atom. The van der Waals surface area contributed by atoms with Crippen molar-refractivity contribution in [2.75, 3.05) is 19.7 Å². The van der Waals surface area contributed by atoms with Crippen LogP contribution in [0.1, 0.15) is 18.9 Å². The molecule has 1 heterocycles. The third-order valence-electron chi connectivity index (χ3n) is 3.49. The van der Waals surface area contributed by atoms with Crippen LogP contribution in [0, 0.1) is 11.6 Å². The summed E-state index contributed by atoms with van der Waals surface area (Å²) in [5.74, 6) is -1.87. The van der Waals surface area contributed by atoms with Crippen LogP contribution in [-0.4, -0.2) is 47.8 Å². The van der Waals surface area contributed by atoms with Crippen LogP contribution < -0.4 is 0 Å². The lowest BCUT2D eigenvalue weighted by Crippen LogP contribution is -2.50. The van der Waals surface area contributed by atoms with E-state index in [0.29, 0.717) is 25.1 Å². The van der Waals surface area contributed by atoms with Crippen molar-refractivity contribution in [2.24, 2.45) is 0 Å². The highest BCUT2D eigenvalue weighted by Gasteiger charge is 2.27. The lowest BCUT2D eigenvalue weighted by molar-refractivity contribution is -0.147. The minimum atomic E-state index is -0.903. The van der Waals surface area contributed by atoms with Crippen molar-refractivity contribution in [1.29, 1.82) is 0 Å². The Kier molecular flexibility index (Phi) is 5.25. The second-order valence-corrected chi connectivity index (χ2v) is 5.30. The zero-order chi connectivity index (χ0) is 15.4. The Labute approximate surface area is 122 Å². The molecule has 1 fully saturated rings. The average Bonchev–Trinajstić information content (AvgIpc) is 2.47. The fraction of sp³-hybridized carbons (Fsp3) is 0.533. The first-order valence-corrected chi connectivity index (χ1v) is 6.97. The number of nitrogens with zero attached hydrogens (tertiary/aromatic N) is 1. The van der Waals surface area contributed by atoms with Crippen molar-refractivity contribution in [2.45, 2.75) is 32.0 Å². The van der Waals surface area contributed by atoms with Crippen LogP contribution >= 0.6 is 0 Å². The molecule has 1 aromatic rings. The van der Waals surface area contributed by atoms with Crippen molar-refractivity contribution < 1.29 is 23.4 Å². The maximum absolute atomic E-state index is 13.1. The van der Waals surface area contributed by atoms with Crippen molar-refractivity contribution >= 4 is 5.91 Å². The highest BCUT2D eigenvalue weighted by Crippen LogP contribution is 2.14. The molecule has 0 aliphatic carbocycles. The van der Waals surface area contributed by atoms with Gasteiger partial charge in [-0.3, -0.25) is 4.79 Å². The topological polar surface area (TPSA) is 49.8 Å². The number of hydrogen-bond acceptors (Lipinski definition) is 3. The van der Waals surface area contributed by atoms with E-state index in [4.69, 9.17) is 9.84 Å². The lowest BCUT2D eigenvalue weighted by atomic mass is 10.1. The molecule has 0 bridgehead atoms. The van der Waals surface area contributed by atoms with Crippen LogP contribution in [0.2, 0.25) is 0 Å². The van der Waals surface area contributed by atoms with E-state index in [-0.39, 0.29) is 31.1 Å². The molecule has 116 valence electrons. The number of carbonyl (C=O) groups excluding carboxylic acids is 1. The van der Waals surface area contributed by atoms with Gasteiger partial charge in [0.15, 0.2) is 11.6 Å². The SMILES string of the molecule is CC1CN(C(=O)CCc2ccc(F)c(F)c2)CC(CO)O1. The summed E-state index contributed by atoms with van der Waals surface area (Å²) in [6.45, 7) is 2.55. The number of benzene rings is 1. The average molecular weight is 299 g/mol. The van der Waals surface area contributed by atoms with Gasteiger partial charge in [-0.05, 0) is 31.0 Å². The monoisotopic (exact) mass is 299 g/mol. The number of rotatable bonds is 4. The third-order valence-corrected chi connectivity index (χ3v) is 3.49. The zero-order valence-corrected chi connectivity index (χ0v) is 11.9. The lowest BCUT2D eigenvalue weighted by Gasteiger charge is -2.36. The van der Waals surface area contributed by atoms with Gasteiger partial charge in [0.05, 0.1) is 18.8 Å². The number of carbonyl (C=O) groups is 1. The smallest absolute Gasteiger partial charge is 0.223 e. The number of halogens is 2. The molecular weight excluding hydrogens is 280 g/mol. The Bertz CT molecular complexity index is 510. The minimum absolute atomic E-state index is 0.0756. The molecule has 2 atom stereocenters. The third kappa shape index (κ3) is 4.22. The molecule has 1 aliphatic heterocycles. The molecule has 1 saturated heterocycles. The molecule has 1 aromatic carbocycles. The highest BCUT2D eigenvalue weighted by atomic mass is 19.2. The predicted octanol–water partition coefficient (Wildman–Crippen LogP) is 1.51. The summed E-state index contributed by atoms with van der Waals surface area (Å²) >= 11 is 0.